The molecule has 1 rings (SSSR count). The topological polar surface area (TPSA) is 67.5 Å². The number of rotatable bonds is 3. The Labute approximate surface area is 118 Å². The highest BCUT2D eigenvalue weighted by Crippen LogP contribution is 2.18. The van der Waals surface area contributed by atoms with E-state index in [-0.39, 0.29) is 11.6 Å². The van der Waals surface area contributed by atoms with Crippen LogP contribution in [0.1, 0.15) is 39.3 Å². The molecular formula is C14H23N3OS. The lowest BCUT2D eigenvalue weighted by atomic mass is 10.1. The minimum Gasteiger partial charge on any atom is -0.370 e. The molecule has 0 saturated carbocycles. The zero-order valence-electron chi connectivity index (χ0n) is 12.2. The van der Waals surface area contributed by atoms with Gasteiger partial charge in [-0.05, 0) is 45.4 Å². The van der Waals surface area contributed by atoms with Crippen LogP contribution < -0.4 is 11.1 Å². The molecule has 4 nitrogen and oxygen atoms in total. The number of nitrogens with two attached hydrogens (primary N) is 1. The van der Waals surface area contributed by atoms with Crippen molar-refractivity contribution in [1.29, 1.82) is 0 Å². The summed E-state index contributed by atoms with van der Waals surface area (Å²) in [6.07, 6.45) is 1.67. The minimum absolute atomic E-state index is 0.0332. The van der Waals surface area contributed by atoms with Gasteiger partial charge in [-0.2, -0.15) is 0 Å². The van der Waals surface area contributed by atoms with Crippen LogP contribution in [0.5, 0.6) is 0 Å². The summed E-state index contributed by atoms with van der Waals surface area (Å²) in [5.41, 5.74) is 6.81. The van der Waals surface area contributed by atoms with Gasteiger partial charge in [-0.1, -0.05) is 12.1 Å². The maximum absolute atomic E-state index is 11.3. The van der Waals surface area contributed by atoms with E-state index in [1.165, 1.54) is 0 Å². The van der Waals surface area contributed by atoms with Crippen LogP contribution >= 0.6 is 0 Å². The molecule has 3 N–H and O–H groups in total. The lowest BCUT2D eigenvalue weighted by Crippen LogP contribution is -2.45. The molecule has 0 fully saturated rings. The van der Waals surface area contributed by atoms with E-state index < -0.39 is 10.8 Å². The van der Waals surface area contributed by atoms with E-state index in [1.807, 2.05) is 52.0 Å². The molecule has 106 valence electrons. The number of nitrogens with zero attached hydrogens (tertiary/aromatic N) is 1. The van der Waals surface area contributed by atoms with Crippen LogP contribution in [0.2, 0.25) is 0 Å². The highest BCUT2D eigenvalue weighted by atomic mass is 32.2. The highest BCUT2D eigenvalue weighted by Gasteiger charge is 2.11. The van der Waals surface area contributed by atoms with Crippen molar-refractivity contribution in [2.24, 2.45) is 10.7 Å². The second-order valence-corrected chi connectivity index (χ2v) is 6.97. The van der Waals surface area contributed by atoms with E-state index in [0.717, 1.165) is 10.5 Å². The number of hydrogen-bond donors (Lipinski definition) is 2. The van der Waals surface area contributed by atoms with E-state index in [1.54, 1.807) is 6.26 Å². The predicted octanol–water partition coefficient (Wildman–Crippen LogP) is 2.19. The van der Waals surface area contributed by atoms with E-state index in [9.17, 15) is 4.21 Å². The molecule has 0 radical (unpaired) electrons. The van der Waals surface area contributed by atoms with E-state index in [0.29, 0.717) is 5.96 Å². The number of nitrogens with one attached hydrogen (secondary N) is 1. The third kappa shape index (κ3) is 5.42. The summed E-state index contributed by atoms with van der Waals surface area (Å²) in [7, 11) is -0.947. The molecule has 1 aromatic rings. The Morgan fingerprint density at radius 2 is 1.84 bits per heavy atom. The number of aliphatic imine (C=N–C) groups is 1. The molecule has 0 bridgehead atoms. The quantitative estimate of drug-likeness (QED) is 0.659. The fraction of sp³-hybridized carbons (Fsp3) is 0.500. The molecule has 5 heteroatoms. The third-order valence-electron chi connectivity index (χ3n) is 2.53. The van der Waals surface area contributed by atoms with Gasteiger partial charge in [-0.15, -0.1) is 0 Å². The predicted molar refractivity (Wildman–Crippen MR) is 81.7 cm³/mol. The van der Waals surface area contributed by atoms with Crippen molar-refractivity contribution in [3.05, 3.63) is 29.8 Å². The minimum atomic E-state index is -0.947. The van der Waals surface area contributed by atoms with Crippen molar-refractivity contribution in [3.63, 3.8) is 0 Å². The fourth-order valence-electron chi connectivity index (χ4n) is 1.64. The van der Waals surface area contributed by atoms with Crippen molar-refractivity contribution < 1.29 is 4.21 Å². The smallest absolute Gasteiger partial charge is 0.189 e. The summed E-state index contributed by atoms with van der Waals surface area (Å²) in [5, 5.41) is 3.13. The lowest BCUT2D eigenvalue weighted by Gasteiger charge is -2.22. The maximum Gasteiger partial charge on any atom is 0.189 e. The molecule has 0 saturated heterocycles. The number of benzene rings is 1. The van der Waals surface area contributed by atoms with Crippen molar-refractivity contribution >= 4 is 16.8 Å². The van der Waals surface area contributed by atoms with Crippen LogP contribution in [0.25, 0.3) is 0 Å². The van der Waals surface area contributed by atoms with Gasteiger partial charge in [-0.25, -0.2) is 4.99 Å². The monoisotopic (exact) mass is 281 g/mol. The van der Waals surface area contributed by atoms with Gasteiger partial charge in [-0.3, -0.25) is 4.21 Å². The summed E-state index contributed by atoms with van der Waals surface area (Å²) < 4.78 is 11.3. The molecule has 19 heavy (non-hydrogen) atoms. The first-order valence-electron chi connectivity index (χ1n) is 6.24. The van der Waals surface area contributed by atoms with Gasteiger partial charge in [0.05, 0.1) is 6.04 Å². The number of hydrogen-bond acceptors (Lipinski definition) is 2. The fourth-order valence-corrected chi connectivity index (χ4v) is 2.16. The van der Waals surface area contributed by atoms with Crippen LogP contribution in [-0.2, 0) is 10.8 Å². The molecular weight excluding hydrogens is 258 g/mol. The first-order valence-corrected chi connectivity index (χ1v) is 7.79. The molecule has 0 aliphatic rings. The zero-order chi connectivity index (χ0) is 14.6. The van der Waals surface area contributed by atoms with Gasteiger partial charge in [0, 0.05) is 27.5 Å². The first-order chi connectivity index (χ1) is 8.69. The van der Waals surface area contributed by atoms with Gasteiger partial charge in [0.15, 0.2) is 5.96 Å². The summed E-state index contributed by atoms with van der Waals surface area (Å²) in [4.78, 5) is 5.23. The Hall–Kier alpha value is -1.36. The highest BCUT2D eigenvalue weighted by molar-refractivity contribution is 7.84. The lowest BCUT2D eigenvalue weighted by molar-refractivity contribution is 0.507. The molecule has 0 aliphatic carbocycles. The largest absolute Gasteiger partial charge is 0.370 e. The van der Waals surface area contributed by atoms with Crippen molar-refractivity contribution in [2.45, 2.75) is 44.2 Å². The van der Waals surface area contributed by atoms with E-state index in [2.05, 4.69) is 10.3 Å². The molecule has 0 aliphatic heterocycles. The van der Waals surface area contributed by atoms with Crippen LogP contribution in [0.3, 0.4) is 0 Å². The Kier molecular flexibility index (Phi) is 5.11. The first kappa shape index (κ1) is 15.7. The molecule has 0 amide bonds. The Balaban J connectivity index is 2.80. The van der Waals surface area contributed by atoms with Crippen LogP contribution in [-0.4, -0.2) is 22.0 Å². The Morgan fingerprint density at radius 1 is 1.32 bits per heavy atom. The average Bonchev–Trinajstić information content (AvgIpc) is 2.26. The standard InChI is InChI=1S/C14H23N3OS/c1-10(16-13(15)17-14(2,3)4)11-6-8-12(9-7-11)19(5)18/h6-10H,1-5H3,(H3,15,16,17). The van der Waals surface area contributed by atoms with Gasteiger partial charge in [0.1, 0.15) is 0 Å². The Morgan fingerprint density at radius 3 is 2.26 bits per heavy atom. The summed E-state index contributed by atoms with van der Waals surface area (Å²) >= 11 is 0. The molecule has 0 heterocycles. The maximum atomic E-state index is 11.3. The van der Waals surface area contributed by atoms with Gasteiger partial charge < -0.3 is 11.1 Å². The number of guanidine groups is 1. The molecule has 0 aromatic heterocycles. The third-order valence-corrected chi connectivity index (χ3v) is 3.47. The van der Waals surface area contributed by atoms with Crippen molar-refractivity contribution in [2.75, 3.05) is 6.26 Å². The Bertz CT molecular complexity index is 474. The van der Waals surface area contributed by atoms with Gasteiger partial charge >= 0.3 is 0 Å². The van der Waals surface area contributed by atoms with E-state index in [4.69, 9.17) is 5.73 Å². The second kappa shape index (κ2) is 6.19. The molecule has 2 unspecified atom stereocenters. The second-order valence-electron chi connectivity index (χ2n) is 5.59. The molecule has 0 spiro atoms. The average molecular weight is 281 g/mol. The normalized spacial score (nSPS) is 15.9. The van der Waals surface area contributed by atoms with Gasteiger partial charge in [0.25, 0.3) is 0 Å². The van der Waals surface area contributed by atoms with Crippen LogP contribution in [0.15, 0.2) is 34.2 Å². The van der Waals surface area contributed by atoms with Crippen LogP contribution in [0.4, 0.5) is 0 Å². The summed E-state index contributed by atoms with van der Waals surface area (Å²) in [5.74, 6) is 0.433. The SMILES string of the molecule is CC(N=C(N)NC(C)(C)C)c1ccc(S(C)=O)cc1. The van der Waals surface area contributed by atoms with Crippen molar-refractivity contribution in [1.82, 2.24) is 5.32 Å². The summed E-state index contributed by atoms with van der Waals surface area (Å²) in [6, 6.07) is 7.58. The zero-order valence-corrected chi connectivity index (χ0v) is 13.0. The van der Waals surface area contributed by atoms with E-state index >= 15 is 0 Å². The molecule has 1 aromatic carbocycles. The van der Waals surface area contributed by atoms with Crippen LogP contribution in [0, 0.1) is 0 Å². The van der Waals surface area contributed by atoms with Crippen molar-refractivity contribution in [3.8, 4) is 0 Å². The van der Waals surface area contributed by atoms with Gasteiger partial charge in [0.2, 0.25) is 0 Å². The summed E-state index contributed by atoms with van der Waals surface area (Å²) in [6.45, 7) is 8.08. The molecule has 2 atom stereocenters.